The number of sulfonamides is 1. The lowest BCUT2D eigenvalue weighted by Gasteiger charge is -2.25. The second-order valence-electron chi connectivity index (χ2n) is 11.5. The zero-order valence-corrected chi connectivity index (χ0v) is 26.7. The fraction of sp³-hybridized carbons (Fsp3) is 0.438. The number of aryl methyl sites for hydroxylation is 1. The van der Waals surface area contributed by atoms with E-state index < -0.39 is 10.0 Å². The van der Waals surface area contributed by atoms with Gasteiger partial charge in [-0.3, -0.25) is 0 Å². The first-order chi connectivity index (χ1) is 21.5. The Balaban J connectivity index is 1.15. The van der Waals surface area contributed by atoms with E-state index in [4.69, 9.17) is 15.0 Å². The van der Waals surface area contributed by atoms with Crippen LogP contribution in [0.1, 0.15) is 56.7 Å². The van der Waals surface area contributed by atoms with Crippen LogP contribution in [0.25, 0.3) is 10.6 Å². The molecule has 3 N–H and O–H groups in total. The predicted octanol–water partition coefficient (Wildman–Crippen LogP) is 5.72. The molecular formula is C32H40N8O2S2. The topological polar surface area (TPSA) is 125 Å². The predicted molar refractivity (Wildman–Crippen MR) is 177 cm³/mol. The highest BCUT2D eigenvalue weighted by Gasteiger charge is 2.29. The van der Waals surface area contributed by atoms with Gasteiger partial charge in [-0.1, -0.05) is 68.7 Å². The third kappa shape index (κ3) is 7.91. The Hall–Kier alpha value is -3.61. The Kier molecular flexibility index (Phi) is 9.68. The van der Waals surface area contributed by atoms with Crippen molar-refractivity contribution in [2.24, 2.45) is 5.92 Å². The molecule has 44 heavy (non-hydrogen) atoms. The van der Waals surface area contributed by atoms with Crippen LogP contribution in [-0.2, 0) is 23.0 Å². The van der Waals surface area contributed by atoms with E-state index in [9.17, 15) is 8.42 Å². The first-order valence-electron chi connectivity index (χ1n) is 15.6. The molecule has 3 heterocycles. The number of nitrogens with one attached hydrogen (secondary N) is 3. The molecule has 10 nitrogen and oxygen atoms in total. The first kappa shape index (κ1) is 30.4. The van der Waals surface area contributed by atoms with Gasteiger partial charge in [-0.05, 0) is 49.3 Å². The van der Waals surface area contributed by atoms with Crippen molar-refractivity contribution < 1.29 is 8.42 Å². The molecule has 2 aliphatic rings. The number of hydrogen-bond donors (Lipinski definition) is 3. The molecule has 2 fully saturated rings. The van der Waals surface area contributed by atoms with Crippen molar-refractivity contribution in [3.8, 4) is 10.6 Å². The average Bonchev–Trinajstić information content (AvgIpc) is 3.53. The highest BCUT2D eigenvalue weighted by atomic mass is 32.2. The fourth-order valence-electron chi connectivity index (χ4n) is 5.44. The van der Waals surface area contributed by atoms with Gasteiger partial charge in [-0.15, -0.1) is 11.3 Å². The number of nitrogens with zero attached hydrogens (tertiary/aromatic N) is 5. The normalized spacial score (nSPS) is 16.8. The minimum absolute atomic E-state index is 0.0642. The lowest BCUT2D eigenvalue weighted by molar-refractivity contribution is 0.565. The molecule has 0 bridgehead atoms. The summed E-state index contributed by atoms with van der Waals surface area (Å²) in [5.74, 6) is 2.34. The molecular weight excluding hydrogens is 593 g/mol. The lowest BCUT2D eigenvalue weighted by atomic mass is 10.1. The maximum absolute atomic E-state index is 13.1. The number of thiazole rings is 1. The van der Waals surface area contributed by atoms with Crippen LogP contribution in [0.15, 0.2) is 64.9 Å². The molecule has 2 aromatic carbocycles. The molecule has 12 heteroatoms. The highest BCUT2D eigenvalue weighted by molar-refractivity contribution is 7.89. The Morgan fingerprint density at radius 2 is 1.70 bits per heavy atom. The molecule has 1 saturated heterocycles. The Bertz CT molecular complexity index is 1630. The molecule has 0 radical (unpaired) electrons. The summed E-state index contributed by atoms with van der Waals surface area (Å²) < 4.78 is 29.0. The maximum Gasteiger partial charge on any atom is 0.240 e. The lowest BCUT2D eigenvalue weighted by Crippen LogP contribution is -2.41. The third-order valence-corrected chi connectivity index (χ3v) is 10.5. The molecule has 0 unspecified atom stereocenters. The van der Waals surface area contributed by atoms with Crippen LogP contribution >= 0.6 is 11.3 Å². The van der Waals surface area contributed by atoms with Gasteiger partial charge >= 0.3 is 0 Å². The van der Waals surface area contributed by atoms with Gasteiger partial charge in [-0.25, -0.2) is 18.1 Å². The molecule has 4 aromatic rings. The summed E-state index contributed by atoms with van der Waals surface area (Å²) in [4.78, 5) is 21.4. The Morgan fingerprint density at radius 3 is 2.45 bits per heavy atom. The monoisotopic (exact) mass is 632 g/mol. The molecule has 0 spiro atoms. The van der Waals surface area contributed by atoms with Gasteiger partial charge in [0.1, 0.15) is 5.01 Å². The molecule has 232 valence electrons. The van der Waals surface area contributed by atoms with Gasteiger partial charge < -0.3 is 15.5 Å². The van der Waals surface area contributed by atoms with E-state index in [1.54, 1.807) is 23.5 Å². The summed E-state index contributed by atoms with van der Waals surface area (Å²) in [6.07, 6.45) is 7.42. The van der Waals surface area contributed by atoms with Crippen LogP contribution in [0.3, 0.4) is 0 Å². The summed E-state index contributed by atoms with van der Waals surface area (Å²) in [6.45, 7) is 4.42. The zero-order valence-electron chi connectivity index (χ0n) is 25.1. The van der Waals surface area contributed by atoms with Crippen molar-refractivity contribution in [2.45, 2.75) is 69.4 Å². The van der Waals surface area contributed by atoms with Gasteiger partial charge in [0.05, 0.1) is 17.1 Å². The van der Waals surface area contributed by atoms with Gasteiger partial charge in [0, 0.05) is 36.6 Å². The van der Waals surface area contributed by atoms with E-state index >= 15 is 0 Å². The van der Waals surface area contributed by atoms with Crippen LogP contribution < -0.4 is 20.3 Å². The van der Waals surface area contributed by atoms with E-state index in [0.717, 1.165) is 72.9 Å². The van der Waals surface area contributed by atoms with Crippen molar-refractivity contribution in [1.82, 2.24) is 24.7 Å². The number of anilines is 3. The molecule has 1 saturated carbocycles. The fourth-order valence-corrected chi connectivity index (χ4v) is 7.34. The number of aromatic nitrogens is 4. The van der Waals surface area contributed by atoms with Gasteiger partial charge in [0.25, 0.3) is 0 Å². The van der Waals surface area contributed by atoms with E-state index in [0.29, 0.717) is 24.4 Å². The van der Waals surface area contributed by atoms with E-state index in [1.807, 2.05) is 35.7 Å². The molecule has 1 atom stereocenters. The summed E-state index contributed by atoms with van der Waals surface area (Å²) in [7, 11) is -3.63. The average molecular weight is 633 g/mol. The number of hydrogen-bond acceptors (Lipinski definition) is 10. The van der Waals surface area contributed by atoms with Crippen molar-refractivity contribution in [1.29, 1.82) is 0 Å². The van der Waals surface area contributed by atoms with Crippen LogP contribution in [0.5, 0.6) is 0 Å². The van der Waals surface area contributed by atoms with Crippen LogP contribution in [0.4, 0.5) is 17.8 Å². The molecule has 1 aliphatic heterocycles. The molecule has 0 amide bonds. The second-order valence-corrected chi connectivity index (χ2v) is 14.2. The summed E-state index contributed by atoms with van der Waals surface area (Å²) in [5, 5.41) is 9.77. The standard InChI is InChI=1S/C32H40N8O2S2/c1-2-7-23-13-15-28(16-14-23)44(41,42)35-21-27-10-6-19-40(27)32-38-30(33-18-17-24-11-12-24)37-31(39-32)34-20-26-22-43-29(36-26)25-8-4-3-5-9-25/h3-5,8-9,13-16,22,24,27,35H,2,6-7,10-12,17-21H2,1H3,(H2,33,34,37,38,39)/t27-/m1/s1. The quantitative estimate of drug-likeness (QED) is 0.151. The highest BCUT2D eigenvalue weighted by Crippen LogP contribution is 2.32. The van der Waals surface area contributed by atoms with E-state index in [2.05, 4.69) is 44.3 Å². The largest absolute Gasteiger partial charge is 0.354 e. The summed E-state index contributed by atoms with van der Waals surface area (Å²) in [5.41, 5.74) is 3.15. The number of benzene rings is 2. The maximum atomic E-state index is 13.1. The SMILES string of the molecule is CCCc1ccc(S(=O)(=O)NC[C@H]2CCCN2c2nc(NCCC3CC3)nc(NCc3csc(-c4ccccc4)n3)n2)cc1. The minimum Gasteiger partial charge on any atom is -0.354 e. The van der Waals surface area contributed by atoms with Crippen LogP contribution in [-0.4, -0.2) is 54.0 Å². The summed E-state index contributed by atoms with van der Waals surface area (Å²) in [6, 6.07) is 17.2. The first-order valence-corrected chi connectivity index (χ1v) is 17.9. The van der Waals surface area contributed by atoms with Gasteiger partial charge in [0.15, 0.2) is 0 Å². The second kappa shape index (κ2) is 14.0. The Morgan fingerprint density at radius 1 is 0.932 bits per heavy atom. The van der Waals surface area contributed by atoms with Crippen LogP contribution in [0.2, 0.25) is 0 Å². The zero-order chi connectivity index (χ0) is 30.4. The van der Waals surface area contributed by atoms with E-state index in [1.165, 1.54) is 12.8 Å². The van der Waals surface area contributed by atoms with Crippen molar-refractivity contribution in [3.05, 3.63) is 71.2 Å². The third-order valence-electron chi connectivity index (χ3n) is 8.07. The summed E-state index contributed by atoms with van der Waals surface area (Å²) >= 11 is 1.61. The van der Waals surface area contributed by atoms with Crippen molar-refractivity contribution >= 4 is 39.2 Å². The van der Waals surface area contributed by atoms with Gasteiger partial charge in [0.2, 0.25) is 27.9 Å². The molecule has 2 aromatic heterocycles. The molecule has 6 rings (SSSR count). The van der Waals surface area contributed by atoms with Crippen molar-refractivity contribution in [2.75, 3.05) is 35.2 Å². The smallest absolute Gasteiger partial charge is 0.240 e. The van der Waals surface area contributed by atoms with Gasteiger partial charge in [-0.2, -0.15) is 15.0 Å². The Labute approximate surface area is 263 Å². The van der Waals surface area contributed by atoms with Crippen molar-refractivity contribution in [3.63, 3.8) is 0 Å². The van der Waals surface area contributed by atoms with E-state index in [-0.39, 0.29) is 17.5 Å². The minimum atomic E-state index is -3.63. The number of rotatable bonds is 15. The molecule has 1 aliphatic carbocycles. The van der Waals surface area contributed by atoms with Crippen LogP contribution in [0, 0.1) is 5.92 Å².